The second kappa shape index (κ2) is 3.44. The normalized spacial score (nSPS) is 16.1. The molecule has 86 valence electrons. The number of fused-ring (bicyclic) bond motifs is 2. The minimum Gasteiger partial charge on any atom is -0.218 e. The molecular formula is C14H12O2S. The smallest absolute Gasteiger partial charge is 0.207 e. The van der Waals surface area contributed by atoms with Gasteiger partial charge in [0.2, 0.25) is 9.84 Å². The number of hydrogen-bond acceptors (Lipinski definition) is 2. The first-order valence-corrected chi connectivity index (χ1v) is 7.00. The van der Waals surface area contributed by atoms with Gasteiger partial charge in [-0.05, 0) is 29.7 Å². The fourth-order valence-electron chi connectivity index (χ4n) is 2.46. The fraction of sp³-hybridized carbons (Fsp3) is 0.143. The molecule has 0 aromatic heterocycles. The van der Waals surface area contributed by atoms with Crippen LogP contribution in [0.3, 0.4) is 0 Å². The van der Waals surface area contributed by atoms with Gasteiger partial charge in [0, 0.05) is 6.42 Å². The van der Waals surface area contributed by atoms with E-state index in [1.165, 1.54) is 0 Å². The summed E-state index contributed by atoms with van der Waals surface area (Å²) in [6.07, 6.45) is 0.701. The Morgan fingerprint density at radius 1 is 0.941 bits per heavy atom. The maximum atomic E-state index is 12.5. The molecule has 2 aromatic carbocycles. The lowest BCUT2D eigenvalue weighted by atomic mass is 10.0. The van der Waals surface area contributed by atoms with E-state index in [0.717, 1.165) is 16.7 Å². The van der Waals surface area contributed by atoms with Crippen LogP contribution >= 0.6 is 0 Å². The summed E-state index contributed by atoms with van der Waals surface area (Å²) in [7, 11) is -3.33. The fourth-order valence-corrected chi connectivity index (χ4v) is 4.40. The van der Waals surface area contributed by atoms with Crippen molar-refractivity contribution >= 4 is 9.84 Å². The standard InChI is InChI=1S/C14H12O2S/c1-10-5-4-7-12-9-11-6-2-3-8-13(11)17(15,16)14(10)12/h2-8H,9H2,1H3. The summed E-state index contributed by atoms with van der Waals surface area (Å²) >= 11 is 0. The van der Waals surface area contributed by atoms with Gasteiger partial charge in [-0.15, -0.1) is 0 Å². The SMILES string of the molecule is Cc1cccc2c1S(=O)(=O)c1ccccc1C2. The number of sulfone groups is 1. The maximum absolute atomic E-state index is 12.5. The Bertz CT molecular complexity index is 700. The molecular weight excluding hydrogens is 232 g/mol. The molecule has 2 nitrogen and oxygen atoms in total. The van der Waals surface area contributed by atoms with Crippen molar-refractivity contribution in [1.82, 2.24) is 0 Å². The van der Waals surface area contributed by atoms with Gasteiger partial charge in [-0.3, -0.25) is 0 Å². The predicted octanol–water partition coefficient (Wildman–Crippen LogP) is 2.73. The molecule has 17 heavy (non-hydrogen) atoms. The third-order valence-corrected chi connectivity index (χ3v) is 5.30. The molecule has 0 aliphatic carbocycles. The van der Waals surface area contributed by atoms with Crippen molar-refractivity contribution in [3.8, 4) is 0 Å². The van der Waals surface area contributed by atoms with Crippen LogP contribution in [-0.2, 0) is 16.3 Å². The van der Waals surface area contributed by atoms with Gasteiger partial charge in [0.1, 0.15) is 0 Å². The summed E-state index contributed by atoms with van der Waals surface area (Å²) in [5.74, 6) is 0. The molecule has 1 heterocycles. The molecule has 3 rings (SSSR count). The van der Waals surface area contributed by atoms with E-state index in [-0.39, 0.29) is 0 Å². The van der Waals surface area contributed by atoms with Gasteiger partial charge in [0.25, 0.3) is 0 Å². The van der Waals surface area contributed by atoms with Gasteiger partial charge < -0.3 is 0 Å². The van der Waals surface area contributed by atoms with Crippen LogP contribution in [0.4, 0.5) is 0 Å². The highest BCUT2D eigenvalue weighted by atomic mass is 32.2. The van der Waals surface area contributed by atoms with Gasteiger partial charge in [0.05, 0.1) is 9.79 Å². The monoisotopic (exact) mass is 244 g/mol. The van der Waals surface area contributed by atoms with E-state index < -0.39 is 9.84 Å². The quantitative estimate of drug-likeness (QED) is 0.609. The van der Waals surface area contributed by atoms with Crippen LogP contribution in [0.25, 0.3) is 0 Å². The summed E-state index contributed by atoms with van der Waals surface area (Å²) in [5, 5.41) is 0. The van der Waals surface area contributed by atoms with Crippen molar-refractivity contribution in [1.29, 1.82) is 0 Å². The minimum atomic E-state index is -3.33. The molecule has 0 saturated heterocycles. The highest BCUT2D eigenvalue weighted by Crippen LogP contribution is 2.35. The van der Waals surface area contributed by atoms with Gasteiger partial charge in [-0.25, -0.2) is 8.42 Å². The Morgan fingerprint density at radius 2 is 1.65 bits per heavy atom. The van der Waals surface area contributed by atoms with Crippen LogP contribution in [0.2, 0.25) is 0 Å². The van der Waals surface area contributed by atoms with E-state index in [1.54, 1.807) is 12.1 Å². The molecule has 3 heteroatoms. The Balaban J connectivity index is 2.40. The van der Waals surface area contributed by atoms with Crippen LogP contribution in [0, 0.1) is 6.92 Å². The molecule has 0 spiro atoms. The number of rotatable bonds is 0. The highest BCUT2D eigenvalue weighted by Gasteiger charge is 2.29. The lowest BCUT2D eigenvalue weighted by molar-refractivity contribution is 0.591. The third-order valence-electron chi connectivity index (χ3n) is 3.21. The number of benzene rings is 2. The van der Waals surface area contributed by atoms with Crippen molar-refractivity contribution in [2.75, 3.05) is 0 Å². The van der Waals surface area contributed by atoms with E-state index in [1.807, 2.05) is 37.3 Å². The topological polar surface area (TPSA) is 34.1 Å². The molecule has 1 aliphatic heterocycles. The molecule has 0 radical (unpaired) electrons. The molecule has 0 amide bonds. The zero-order chi connectivity index (χ0) is 12.0. The largest absolute Gasteiger partial charge is 0.218 e. The number of hydrogen-bond donors (Lipinski definition) is 0. The zero-order valence-corrected chi connectivity index (χ0v) is 10.3. The molecule has 0 unspecified atom stereocenters. The van der Waals surface area contributed by atoms with Crippen molar-refractivity contribution in [3.63, 3.8) is 0 Å². The summed E-state index contributed by atoms with van der Waals surface area (Å²) in [6.45, 7) is 1.85. The van der Waals surface area contributed by atoms with Crippen molar-refractivity contribution in [3.05, 3.63) is 59.2 Å². The van der Waals surface area contributed by atoms with Crippen LogP contribution in [-0.4, -0.2) is 8.42 Å². The molecule has 0 saturated carbocycles. The maximum Gasteiger partial charge on any atom is 0.207 e. The average Bonchev–Trinajstić information content (AvgIpc) is 2.28. The summed E-state index contributed by atoms with van der Waals surface area (Å²) in [4.78, 5) is 0.959. The van der Waals surface area contributed by atoms with E-state index in [0.29, 0.717) is 16.2 Å². The first kappa shape index (κ1) is 10.5. The molecule has 0 N–H and O–H groups in total. The Kier molecular flexibility index (Phi) is 2.13. The Labute approximate surface area is 101 Å². The molecule has 2 aromatic rings. The second-order valence-corrected chi connectivity index (χ2v) is 6.21. The minimum absolute atomic E-state index is 0.460. The van der Waals surface area contributed by atoms with Crippen molar-refractivity contribution < 1.29 is 8.42 Å². The average molecular weight is 244 g/mol. The van der Waals surface area contributed by atoms with Crippen molar-refractivity contribution in [2.24, 2.45) is 0 Å². The van der Waals surface area contributed by atoms with Gasteiger partial charge in [-0.2, -0.15) is 0 Å². The molecule has 0 fully saturated rings. The number of aryl methyl sites for hydroxylation is 1. The van der Waals surface area contributed by atoms with Gasteiger partial charge in [-0.1, -0.05) is 36.4 Å². The van der Waals surface area contributed by atoms with Gasteiger partial charge >= 0.3 is 0 Å². The van der Waals surface area contributed by atoms with Crippen LogP contribution in [0.1, 0.15) is 16.7 Å². The van der Waals surface area contributed by atoms with Gasteiger partial charge in [0.15, 0.2) is 0 Å². The van der Waals surface area contributed by atoms with E-state index in [2.05, 4.69) is 0 Å². The van der Waals surface area contributed by atoms with Crippen LogP contribution < -0.4 is 0 Å². The second-order valence-electron chi connectivity index (χ2n) is 4.35. The lowest BCUT2D eigenvalue weighted by Crippen LogP contribution is -2.15. The van der Waals surface area contributed by atoms with Crippen molar-refractivity contribution in [2.45, 2.75) is 23.1 Å². The molecule has 0 atom stereocenters. The first-order valence-electron chi connectivity index (χ1n) is 5.52. The lowest BCUT2D eigenvalue weighted by Gasteiger charge is -2.21. The Hall–Kier alpha value is -1.61. The third kappa shape index (κ3) is 1.42. The highest BCUT2D eigenvalue weighted by molar-refractivity contribution is 7.91. The predicted molar refractivity (Wildman–Crippen MR) is 65.9 cm³/mol. The van der Waals surface area contributed by atoms with Crippen LogP contribution in [0.5, 0.6) is 0 Å². The zero-order valence-electron chi connectivity index (χ0n) is 9.47. The summed E-state index contributed by atoms with van der Waals surface area (Å²) in [6, 6.07) is 12.9. The summed E-state index contributed by atoms with van der Waals surface area (Å²) in [5.41, 5.74) is 2.63. The van der Waals surface area contributed by atoms with E-state index >= 15 is 0 Å². The Morgan fingerprint density at radius 3 is 2.47 bits per heavy atom. The first-order chi connectivity index (χ1) is 8.10. The summed E-state index contributed by atoms with van der Waals surface area (Å²) < 4.78 is 25.0. The van der Waals surface area contributed by atoms with E-state index in [4.69, 9.17) is 0 Å². The van der Waals surface area contributed by atoms with Crippen LogP contribution in [0.15, 0.2) is 52.3 Å². The molecule has 0 bridgehead atoms. The molecule has 1 aliphatic rings. The van der Waals surface area contributed by atoms with E-state index in [9.17, 15) is 8.42 Å².